The number of nitrogens with zero attached hydrogens (tertiary/aromatic N) is 1. The van der Waals surface area contributed by atoms with Crippen LogP contribution in [0.25, 0.3) is 0 Å². The molecule has 146 valence electrons. The molecular formula is C18H11ClF3NO4S. The SMILES string of the molecule is C#CCSC(=O)Cc1cc(Oc2ccc(C(F)(F)F)cc2Cl)ccc1[N+](=O)[O-]. The van der Waals surface area contributed by atoms with Gasteiger partial charge in [0.1, 0.15) is 11.5 Å². The van der Waals surface area contributed by atoms with Crippen molar-refractivity contribution in [1.82, 2.24) is 0 Å². The number of rotatable bonds is 6. The molecular weight excluding hydrogens is 419 g/mol. The lowest BCUT2D eigenvalue weighted by Crippen LogP contribution is -2.05. The van der Waals surface area contributed by atoms with Crippen LogP contribution < -0.4 is 4.74 Å². The highest BCUT2D eigenvalue weighted by molar-refractivity contribution is 8.13. The molecule has 0 aliphatic rings. The van der Waals surface area contributed by atoms with Gasteiger partial charge in [-0.05, 0) is 30.3 Å². The summed E-state index contributed by atoms with van der Waals surface area (Å²) in [6.07, 6.45) is 0.256. The Morgan fingerprint density at radius 1 is 1.29 bits per heavy atom. The van der Waals surface area contributed by atoms with Crippen molar-refractivity contribution in [2.24, 2.45) is 0 Å². The number of alkyl halides is 3. The number of terminal acetylenes is 1. The van der Waals surface area contributed by atoms with Crippen LogP contribution in [0.4, 0.5) is 18.9 Å². The second-order valence-electron chi connectivity index (χ2n) is 5.33. The van der Waals surface area contributed by atoms with Crippen LogP contribution in [0.3, 0.4) is 0 Å². The van der Waals surface area contributed by atoms with E-state index in [0.717, 1.165) is 30.0 Å². The van der Waals surface area contributed by atoms with E-state index in [0.29, 0.717) is 6.07 Å². The summed E-state index contributed by atoms with van der Waals surface area (Å²) in [5, 5.41) is 10.5. The van der Waals surface area contributed by atoms with Gasteiger partial charge in [0, 0.05) is 18.1 Å². The summed E-state index contributed by atoms with van der Waals surface area (Å²) < 4.78 is 43.5. The predicted octanol–water partition coefficient (Wildman–Crippen LogP) is 5.49. The third kappa shape index (κ3) is 5.65. The summed E-state index contributed by atoms with van der Waals surface area (Å²) in [6, 6.07) is 6.22. The third-order valence-electron chi connectivity index (χ3n) is 3.39. The van der Waals surface area contributed by atoms with Gasteiger partial charge >= 0.3 is 6.18 Å². The summed E-state index contributed by atoms with van der Waals surface area (Å²) in [4.78, 5) is 22.4. The van der Waals surface area contributed by atoms with Crippen molar-refractivity contribution in [3.05, 3.63) is 62.7 Å². The van der Waals surface area contributed by atoms with Gasteiger partial charge in [0.2, 0.25) is 0 Å². The summed E-state index contributed by atoms with van der Waals surface area (Å²) in [5.41, 5.74) is -1.15. The minimum absolute atomic E-state index is 0.0671. The Hall–Kier alpha value is -2.70. The zero-order valence-corrected chi connectivity index (χ0v) is 15.5. The summed E-state index contributed by atoms with van der Waals surface area (Å²) in [6.45, 7) is 0. The lowest BCUT2D eigenvalue weighted by molar-refractivity contribution is -0.385. The smallest absolute Gasteiger partial charge is 0.416 e. The van der Waals surface area contributed by atoms with Crippen molar-refractivity contribution in [1.29, 1.82) is 0 Å². The van der Waals surface area contributed by atoms with Gasteiger partial charge in [0.25, 0.3) is 5.69 Å². The molecule has 0 atom stereocenters. The molecule has 2 aromatic rings. The van der Waals surface area contributed by atoms with Gasteiger partial charge in [0.15, 0.2) is 5.12 Å². The Balaban J connectivity index is 2.29. The maximum absolute atomic E-state index is 12.7. The van der Waals surface area contributed by atoms with Gasteiger partial charge in [-0.2, -0.15) is 13.2 Å². The van der Waals surface area contributed by atoms with E-state index in [1.807, 2.05) is 0 Å². The van der Waals surface area contributed by atoms with Crippen LogP contribution in [-0.4, -0.2) is 15.8 Å². The minimum atomic E-state index is -4.56. The number of ether oxygens (including phenoxy) is 1. The summed E-state index contributed by atoms with van der Waals surface area (Å²) in [7, 11) is 0. The fraction of sp³-hybridized carbons (Fsp3) is 0.167. The first kappa shape index (κ1) is 21.6. The van der Waals surface area contributed by atoms with Gasteiger partial charge in [-0.1, -0.05) is 29.3 Å². The lowest BCUT2D eigenvalue weighted by atomic mass is 10.1. The van der Waals surface area contributed by atoms with Gasteiger partial charge in [0.05, 0.1) is 21.3 Å². The second kappa shape index (κ2) is 8.99. The largest absolute Gasteiger partial charge is 0.456 e. The van der Waals surface area contributed by atoms with Crippen molar-refractivity contribution in [2.75, 3.05) is 5.75 Å². The molecule has 10 heteroatoms. The summed E-state index contributed by atoms with van der Waals surface area (Å²) >= 11 is 6.68. The van der Waals surface area contributed by atoms with Crippen molar-refractivity contribution in [3.63, 3.8) is 0 Å². The molecule has 0 amide bonds. The van der Waals surface area contributed by atoms with E-state index >= 15 is 0 Å². The summed E-state index contributed by atoms with van der Waals surface area (Å²) in [5.74, 6) is 2.42. The number of halogens is 4. The maximum atomic E-state index is 12.7. The zero-order valence-electron chi connectivity index (χ0n) is 14.0. The maximum Gasteiger partial charge on any atom is 0.416 e. The van der Waals surface area contributed by atoms with Crippen LogP contribution in [0.15, 0.2) is 36.4 Å². The third-order valence-corrected chi connectivity index (χ3v) is 4.46. The molecule has 0 aliphatic heterocycles. The number of thioether (sulfide) groups is 1. The van der Waals surface area contributed by atoms with E-state index in [4.69, 9.17) is 22.8 Å². The van der Waals surface area contributed by atoms with Crippen LogP contribution >= 0.6 is 23.4 Å². The predicted molar refractivity (Wildman–Crippen MR) is 99.6 cm³/mol. The number of carbonyl (C=O) groups is 1. The molecule has 2 aromatic carbocycles. The molecule has 0 saturated carbocycles. The van der Waals surface area contributed by atoms with E-state index < -0.39 is 16.7 Å². The molecule has 5 nitrogen and oxygen atoms in total. The van der Waals surface area contributed by atoms with Crippen LogP contribution in [0.5, 0.6) is 11.5 Å². The molecule has 2 rings (SSSR count). The van der Waals surface area contributed by atoms with E-state index in [1.54, 1.807) is 0 Å². The Bertz CT molecular complexity index is 957. The molecule has 0 saturated heterocycles. The molecule has 0 aromatic heterocycles. The molecule has 0 bridgehead atoms. The Morgan fingerprint density at radius 2 is 2.00 bits per heavy atom. The van der Waals surface area contributed by atoms with Gasteiger partial charge < -0.3 is 4.74 Å². The lowest BCUT2D eigenvalue weighted by Gasteiger charge is -2.12. The average Bonchev–Trinajstić information content (AvgIpc) is 2.60. The van der Waals surface area contributed by atoms with Gasteiger partial charge in [-0.3, -0.25) is 14.9 Å². The van der Waals surface area contributed by atoms with E-state index in [-0.39, 0.29) is 45.1 Å². The van der Waals surface area contributed by atoms with Crippen molar-refractivity contribution >= 4 is 34.2 Å². The van der Waals surface area contributed by atoms with E-state index in [9.17, 15) is 28.1 Å². The molecule has 0 fully saturated rings. The fourth-order valence-corrected chi connectivity index (χ4v) is 2.88. The normalized spacial score (nSPS) is 11.0. The molecule has 0 heterocycles. The van der Waals surface area contributed by atoms with Crippen LogP contribution in [0.1, 0.15) is 11.1 Å². The molecule has 0 spiro atoms. The second-order valence-corrected chi connectivity index (χ2v) is 6.77. The molecule has 0 radical (unpaired) electrons. The fourth-order valence-electron chi connectivity index (χ4n) is 2.16. The van der Waals surface area contributed by atoms with Crippen LogP contribution in [0.2, 0.25) is 5.02 Å². The molecule has 0 N–H and O–H groups in total. The number of carbonyl (C=O) groups excluding carboxylic acids is 1. The molecule has 28 heavy (non-hydrogen) atoms. The van der Waals surface area contributed by atoms with E-state index in [1.165, 1.54) is 12.1 Å². The Kier molecular flexibility index (Phi) is 6.94. The Morgan fingerprint density at radius 3 is 2.57 bits per heavy atom. The number of nitro benzene ring substituents is 1. The monoisotopic (exact) mass is 429 g/mol. The minimum Gasteiger partial charge on any atom is -0.456 e. The first-order valence-electron chi connectivity index (χ1n) is 7.53. The average molecular weight is 430 g/mol. The zero-order chi connectivity index (χ0) is 20.9. The number of benzene rings is 2. The molecule has 0 unspecified atom stereocenters. The van der Waals surface area contributed by atoms with Gasteiger partial charge in [-0.15, -0.1) is 6.42 Å². The molecule has 0 aliphatic carbocycles. The number of hydrogen-bond donors (Lipinski definition) is 0. The number of hydrogen-bond acceptors (Lipinski definition) is 5. The van der Waals surface area contributed by atoms with Crippen LogP contribution in [-0.2, 0) is 17.4 Å². The highest BCUT2D eigenvalue weighted by Crippen LogP contribution is 2.37. The van der Waals surface area contributed by atoms with E-state index in [2.05, 4.69) is 5.92 Å². The highest BCUT2D eigenvalue weighted by atomic mass is 35.5. The topological polar surface area (TPSA) is 69.4 Å². The number of nitro groups is 1. The quantitative estimate of drug-likeness (QED) is 0.345. The highest BCUT2D eigenvalue weighted by Gasteiger charge is 2.31. The van der Waals surface area contributed by atoms with Gasteiger partial charge in [-0.25, -0.2) is 0 Å². The van der Waals surface area contributed by atoms with Crippen LogP contribution in [0, 0.1) is 22.5 Å². The Labute approximate surface area is 167 Å². The van der Waals surface area contributed by atoms with Crippen molar-refractivity contribution in [3.8, 4) is 23.8 Å². The standard InChI is InChI=1S/C18H11ClF3NO4S/c1-2-7-28-17(24)9-11-8-13(4-5-15(11)23(25)26)27-16-6-3-12(10-14(16)19)18(20,21)22/h1,3-6,8,10H,7,9H2. The van der Waals surface area contributed by atoms with Crippen molar-refractivity contribution < 1.29 is 27.6 Å². The first-order valence-corrected chi connectivity index (χ1v) is 8.89. The van der Waals surface area contributed by atoms with Crippen molar-refractivity contribution in [2.45, 2.75) is 12.6 Å². The first-order chi connectivity index (χ1) is 13.1.